The summed E-state index contributed by atoms with van der Waals surface area (Å²) in [5.74, 6) is -1.61. The average molecular weight is 336 g/mol. The highest BCUT2D eigenvalue weighted by Crippen LogP contribution is 2.10. The molecule has 2 amide bonds. The number of rotatable bonds is 9. The minimum absolute atomic E-state index is 0.0925. The van der Waals surface area contributed by atoms with Crippen LogP contribution >= 0.6 is 0 Å². The lowest BCUT2D eigenvalue weighted by Crippen LogP contribution is -2.47. The van der Waals surface area contributed by atoms with Crippen LogP contribution in [0.15, 0.2) is 24.3 Å². The zero-order chi connectivity index (χ0) is 18.1. The minimum atomic E-state index is -1.08. The Labute approximate surface area is 141 Å². The Morgan fingerprint density at radius 3 is 2.54 bits per heavy atom. The van der Waals surface area contributed by atoms with Gasteiger partial charge in [-0.25, -0.2) is 4.79 Å². The van der Waals surface area contributed by atoms with Crippen LogP contribution in [0.25, 0.3) is 0 Å². The van der Waals surface area contributed by atoms with Crippen LogP contribution in [0.4, 0.5) is 0 Å². The molecule has 0 aliphatic carbocycles. The van der Waals surface area contributed by atoms with Crippen molar-refractivity contribution in [2.45, 2.75) is 32.9 Å². The molecule has 0 spiro atoms. The normalized spacial score (nSPS) is 11.6. The average Bonchev–Trinajstić information content (AvgIpc) is 2.51. The molecule has 0 radical (unpaired) electrons. The van der Waals surface area contributed by atoms with Crippen LogP contribution < -0.4 is 5.32 Å². The standard InChI is InChI=1S/C17H24N2O5/c1-12(17(22)23)19(8-7-18-13(2)20)16(21)10-14-5-4-6-15(9-14)11-24-3/h4-6,9,12H,7-8,10-11H2,1-3H3,(H,18,20)(H,22,23). The van der Waals surface area contributed by atoms with Crippen LogP contribution in [-0.4, -0.2) is 54.0 Å². The van der Waals surface area contributed by atoms with Crippen molar-refractivity contribution in [1.29, 1.82) is 0 Å². The molecule has 1 rings (SSSR count). The van der Waals surface area contributed by atoms with Crippen LogP contribution in [0, 0.1) is 0 Å². The summed E-state index contributed by atoms with van der Waals surface area (Å²) in [7, 11) is 1.59. The molecule has 132 valence electrons. The monoisotopic (exact) mass is 336 g/mol. The predicted molar refractivity (Wildman–Crippen MR) is 88.4 cm³/mol. The van der Waals surface area contributed by atoms with Crippen molar-refractivity contribution in [2.75, 3.05) is 20.2 Å². The van der Waals surface area contributed by atoms with Gasteiger partial charge >= 0.3 is 5.97 Å². The lowest BCUT2D eigenvalue weighted by Gasteiger charge is -2.26. The third kappa shape index (κ3) is 6.37. The molecule has 0 bridgehead atoms. The zero-order valence-corrected chi connectivity index (χ0v) is 14.2. The van der Waals surface area contributed by atoms with E-state index in [1.165, 1.54) is 18.7 Å². The van der Waals surface area contributed by atoms with E-state index in [9.17, 15) is 19.5 Å². The summed E-state index contributed by atoms with van der Waals surface area (Å²) < 4.78 is 5.07. The van der Waals surface area contributed by atoms with Crippen LogP contribution in [0.3, 0.4) is 0 Å². The third-order valence-electron chi connectivity index (χ3n) is 3.53. The molecule has 0 aliphatic rings. The van der Waals surface area contributed by atoms with Gasteiger partial charge in [-0.05, 0) is 18.1 Å². The Balaban J connectivity index is 2.80. The number of carboxylic acid groups (broad SMARTS) is 1. The summed E-state index contributed by atoms with van der Waals surface area (Å²) in [6, 6.07) is 6.44. The Hall–Kier alpha value is -2.41. The second kappa shape index (κ2) is 9.67. The van der Waals surface area contributed by atoms with E-state index in [2.05, 4.69) is 5.32 Å². The lowest BCUT2D eigenvalue weighted by molar-refractivity contribution is -0.149. The number of benzene rings is 1. The molecule has 1 unspecified atom stereocenters. The first-order valence-corrected chi connectivity index (χ1v) is 7.68. The summed E-state index contributed by atoms with van der Waals surface area (Å²) in [6.45, 7) is 3.62. The molecule has 1 aromatic rings. The molecule has 1 aromatic carbocycles. The fraction of sp³-hybridized carbons (Fsp3) is 0.471. The number of carboxylic acids is 1. The first-order chi connectivity index (χ1) is 11.3. The zero-order valence-electron chi connectivity index (χ0n) is 14.2. The number of hydrogen-bond acceptors (Lipinski definition) is 4. The van der Waals surface area contributed by atoms with E-state index in [4.69, 9.17) is 4.74 Å². The second-order valence-corrected chi connectivity index (χ2v) is 5.51. The maximum atomic E-state index is 12.5. The van der Waals surface area contributed by atoms with Gasteiger partial charge in [-0.15, -0.1) is 0 Å². The van der Waals surface area contributed by atoms with Gasteiger partial charge in [-0.1, -0.05) is 24.3 Å². The molecular weight excluding hydrogens is 312 g/mol. The Morgan fingerprint density at radius 2 is 1.96 bits per heavy atom. The van der Waals surface area contributed by atoms with Gasteiger partial charge in [0.25, 0.3) is 0 Å². The predicted octanol–water partition coefficient (Wildman–Crippen LogP) is 0.813. The van der Waals surface area contributed by atoms with Crippen LogP contribution in [0.2, 0.25) is 0 Å². The number of amides is 2. The molecule has 2 N–H and O–H groups in total. The first kappa shape index (κ1) is 19.6. The SMILES string of the molecule is COCc1cccc(CC(=O)N(CCNC(C)=O)C(C)C(=O)O)c1. The molecule has 24 heavy (non-hydrogen) atoms. The summed E-state index contributed by atoms with van der Waals surface area (Å²) >= 11 is 0. The minimum Gasteiger partial charge on any atom is -0.480 e. The van der Waals surface area contributed by atoms with Gasteiger partial charge in [-0.3, -0.25) is 9.59 Å². The number of hydrogen-bond donors (Lipinski definition) is 2. The number of carbonyl (C=O) groups excluding carboxylic acids is 2. The van der Waals surface area contributed by atoms with Gasteiger partial charge in [0, 0.05) is 27.1 Å². The van der Waals surface area contributed by atoms with Crippen LogP contribution in [0.5, 0.6) is 0 Å². The molecule has 0 saturated carbocycles. The quantitative estimate of drug-likeness (QED) is 0.696. The highest BCUT2D eigenvalue weighted by Gasteiger charge is 2.25. The van der Waals surface area contributed by atoms with Crippen molar-refractivity contribution < 1.29 is 24.2 Å². The van der Waals surface area contributed by atoms with Crippen molar-refractivity contribution >= 4 is 17.8 Å². The van der Waals surface area contributed by atoms with E-state index in [-0.39, 0.29) is 31.3 Å². The highest BCUT2D eigenvalue weighted by molar-refractivity contribution is 5.84. The van der Waals surface area contributed by atoms with Crippen molar-refractivity contribution in [3.05, 3.63) is 35.4 Å². The maximum Gasteiger partial charge on any atom is 0.326 e. The Kier molecular flexibility index (Phi) is 7.91. The van der Waals surface area contributed by atoms with Gasteiger partial charge in [0.1, 0.15) is 6.04 Å². The molecule has 0 heterocycles. The fourth-order valence-corrected chi connectivity index (χ4v) is 2.29. The number of carbonyl (C=O) groups is 3. The molecule has 0 aliphatic heterocycles. The number of methoxy groups -OCH3 is 1. The van der Waals surface area contributed by atoms with Crippen LogP contribution in [-0.2, 0) is 32.1 Å². The highest BCUT2D eigenvalue weighted by atomic mass is 16.5. The largest absolute Gasteiger partial charge is 0.480 e. The first-order valence-electron chi connectivity index (χ1n) is 7.68. The summed E-state index contributed by atoms with van der Waals surface area (Å²) in [4.78, 5) is 36.0. The second-order valence-electron chi connectivity index (χ2n) is 5.51. The molecular formula is C17H24N2O5. The van der Waals surface area contributed by atoms with E-state index < -0.39 is 12.0 Å². The van der Waals surface area contributed by atoms with Crippen molar-refractivity contribution in [1.82, 2.24) is 10.2 Å². The summed E-state index contributed by atoms with van der Waals surface area (Å²) in [6.07, 6.45) is 0.0925. The number of aliphatic carboxylic acids is 1. The van der Waals surface area contributed by atoms with Gasteiger partial charge < -0.3 is 20.1 Å². The van der Waals surface area contributed by atoms with E-state index in [1.807, 2.05) is 24.3 Å². The Morgan fingerprint density at radius 1 is 1.29 bits per heavy atom. The molecule has 7 nitrogen and oxygen atoms in total. The molecule has 0 aromatic heterocycles. The number of nitrogens with zero attached hydrogens (tertiary/aromatic N) is 1. The topological polar surface area (TPSA) is 95.9 Å². The molecule has 0 saturated heterocycles. The van der Waals surface area contributed by atoms with E-state index in [1.54, 1.807) is 7.11 Å². The van der Waals surface area contributed by atoms with Gasteiger partial charge in [-0.2, -0.15) is 0 Å². The van der Waals surface area contributed by atoms with E-state index in [0.717, 1.165) is 11.1 Å². The van der Waals surface area contributed by atoms with Crippen LogP contribution in [0.1, 0.15) is 25.0 Å². The number of nitrogens with one attached hydrogen (secondary N) is 1. The van der Waals surface area contributed by atoms with Crippen molar-refractivity contribution in [3.63, 3.8) is 0 Å². The van der Waals surface area contributed by atoms with Gasteiger partial charge in [0.05, 0.1) is 13.0 Å². The molecule has 1 atom stereocenters. The summed E-state index contributed by atoms with van der Waals surface area (Å²) in [5, 5.41) is 11.8. The summed E-state index contributed by atoms with van der Waals surface area (Å²) in [5.41, 5.74) is 1.73. The van der Waals surface area contributed by atoms with Gasteiger partial charge in [0.15, 0.2) is 0 Å². The fourth-order valence-electron chi connectivity index (χ4n) is 2.29. The van der Waals surface area contributed by atoms with E-state index in [0.29, 0.717) is 6.61 Å². The van der Waals surface area contributed by atoms with Gasteiger partial charge in [0.2, 0.25) is 11.8 Å². The Bertz CT molecular complexity index is 588. The van der Waals surface area contributed by atoms with E-state index >= 15 is 0 Å². The smallest absolute Gasteiger partial charge is 0.326 e. The van der Waals surface area contributed by atoms with Crippen molar-refractivity contribution in [2.24, 2.45) is 0 Å². The lowest BCUT2D eigenvalue weighted by atomic mass is 10.1. The number of ether oxygens (including phenoxy) is 1. The molecule has 7 heteroatoms. The van der Waals surface area contributed by atoms with Crippen molar-refractivity contribution in [3.8, 4) is 0 Å². The maximum absolute atomic E-state index is 12.5. The molecule has 0 fully saturated rings. The third-order valence-corrected chi connectivity index (χ3v) is 3.53.